The molecule has 0 aliphatic carbocycles. The largest absolute Gasteiger partial charge is 0.382 e. The Labute approximate surface area is 81.2 Å². The van der Waals surface area contributed by atoms with Crippen molar-refractivity contribution >= 4 is 5.69 Å². The average Bonchev–Trinajstić information content (AvgIpc) is 2.19. The fourth-order valence-corrected chi connectivity index (χ4v) is 1.38. The van der Waals surface area contributed by atoms with Crippen molar-refractivity contribution in [3.63, 3.8) is 0 Å². The Morgan fingerprint density at radius 2 is 2.00 bits per heavy atom. The predicted octanol–water partition coefficient (Wildman–Crippen LogP) is 3.49. The number of hydrogen-bond acceptors (Lipinski definition) is 1. The minimum absolute atomic E-state index is 0.507. The first-order valence-corrected chi connectivity index (χ1v) is 4.98. The summed E-state index contributed by atoms with van der Waals surface area (Å²) in [4.78, 5) is 0. The highest BCUT2D eigenvalue weighted by Crippen LogP contribution is 2.11. The first-order valence-electron chi connectivity index (χ1n) is 4.98. The zero-order valence-corrected chi connectivity index (χ0v) is 8.46. The molecule has 1 aromatic rings. The first-order chi connectivity index (χ1) is 6.36. The molecule has 0 heterocycles. The lowest BCUT2D eigenvalue weighted by molar-refractivity contribution is 0.705. The summed E-state index contributed by atoms with van der Waals surface area (Å²) < 4.78 is 0. The molecule has 13 heavy (non-hydrogen) atoms. The van der Waals surface area contributed by atoms with E-state index in [1.54, 1.807) is 0 Å². The van der Waals surface area contributed by atoms with Crippen molar-refractivity contribution in [2.24, 2.45) is 0 Å². The molecular weight excluding hydrogens is 158 g/mol. The molecule has 0 spiro atoms. The summed E-state index contributed by atoms with van der Waals surface area (Å²) in [5.41, 5.74) is 1.21. The van der Waals surface area contributed by atoms with Gasteiger partial charge in [0.25, 0.3) is 0 Å². The zero-order chi connectivity index (χ0) is 9.52. The molecule has 0 bridgehead atoms. The van der Waals surface area contributed by atoms with Gasteiger partial charge in [-0.1, -0.05) is 38.5 Å². The summed E-state index contributed by atoms with van der Waals surface area (Å²) in [7, 11) is 0. The van der Waals surface area contributed by atoms with Crippen LogP contribution in [0, 0.1) is 6.42 Å². The first kappa shape index (κ1) is 10.1. The number of rotatable bonds is 5. The predicted molar refractivity (Wildman–Crippen MR) is 58.7 cm³/mol. The van der Waals surface area contributed by atoms with Crippen molar-refractivity contribution in [2.75, 3.05) is 5.32 Å². The molecule has 0 aliphatic rings. The van der Waals surface area contributed by atoms with Gasteiger partial charge in [0.05, 0.1) is 0 Å². The maximum absolute atomic E-state index is 3.47. The Balaban J connectivity index is 2.46. The molecular formula is C12H18N. The molecule has 0 saturated carbocycles. The van der Waals surface area contributed by atoms with Gasteiger partial charge in [0, 0.05) is 11.7 Å². The molecule has 71 valence electrons. The normalized spacial score (nSPS) is 12.5. The van der Waals surface area contributed by atoms with Crippen LogP contribution < -0.4 is 5.32 Å². The molecule has 1 radical (unpaired) electrons. The van der Waals surface area contributed by atoms with Gasteiger partial charge < -0.3 is 5.32 Å². The van der Waals surface area contributed by atoms with Crippen LogP contribution in [0.2, 0.25) is 0 Å². The van der Waals surface area contributed by atoms with Crippen LogP contribution in [-0.2, 0) is 0 Å². The van der Waals surface area contributed by atoms with Crippen molar-refractivity contribution in [2.45, 2.75) is 32.7 Å². The van der Waals surface area contributed by atoms with Gasteiger partial charge in [-0.25, -0.2) is 0 Å². The number of anilines is 1. The fraction of sp³-hybridized carbons (Fsp3) is 0.417. The Hall–Kier alpha value is -0.980. The quantitative estimate of drug-likeness (QED) is 0.724. The van der Waals surface area contributed by atoms with Crippen molar-refractivity contribution < 1.29 is 0 Å². The highest BCUT2D eigenvalue weighted by molar-refractivity contribution is 5.43. The number of hydrogen-bond donors (Lipinski definition) is 1. The molecule has 1 heteroatoms. The minimum Gasteiger partial charge on any atom is -0.382 e. The number of para-hydroxylation sites is 1. The molecule has 1 unspecified atom stereocenters. The topological polar surface area (TPSA) is 12.0 Å². The van der Waals surface area contributed by atoms with Gasteiger partial charge in [0.15, 0.2) is 0 Å². The van der Waals surface area contributed by atoms with E-state index < -0.39 is 0 Å². The van der Waals surface area contributed by atoms with Crippen molar-refractivity contribution in [3.05, 3.63) is 36.8 Å². The van der Waals surface area contributed by atoms with Gasteiger partial charge >= 0.3 is 0 Å². The Kier molecular flexibility index (Phi) is 4.37. The van der Waals surface area contributed by atoms with Crippen LogP contribution in [-0.4, -0.2) is 6.04 Å². The summed E-state index contributed by atoms with van der Waals surface area (Å²) in [6.45, 7) is 4.32. The highest BCUT2D eigenvalue weighted by atomic mass is 14.9. The molecule has 1 rings (SSSR count). The third kappa shape index (κ3) is 3.49. The van der Waals surface area contributed by atoms with Crippen LogP contribution in [0.15, 0.2) is 30.3 Å². The van der Waals surface area contributed by atoms with E-state index in [4.69, 9.17) is 0 Å². The third-order valence-electron chi connectivity index (χ3n) is 2.13. The van der Waals surface area contributed by atoms with E-state index in [2.05, 4.69) is 49.9 Å². The molecule has 1 atom stereocenters. The van der Waals surface area contributed by atoms with Crippen LogP contribution in [0.25, 0.3) is 0 Å². The molecule has 0 amide bonds. The van der Waals surface area contributed by atoms with E-state index in [0.29, 0.717) is 6.04 Å². The van der Waals surface area contributed by atoms with Crippen molar-refractivity contribution in [1.29, 1.82) is 0 Å². The monoisotopic (exact) mass is 176 g/mol. The lowest BCUT2D eigenvalue weighted by atomic mass is 10.1. The van der Waals surface area contributed by atoms with E-state index >= 15 is 0 Å². The van der Waals surface area contributed by atoms with Crippen LogP contribution in [0.3, 0.4) is 0 Å². The van der Waals surface area contributed by atoms with Gasteiger partial charge in [0.2, 0.25) is 0 Å². The van der Waals surface area contributed by atoms with Crippen LogP contribution >= 0.6 is 0 Å². The molecule has 0 aromatic heterocycles. The summed E-state index contributed by atoms with van der Waals surface area (Å²) in [5.74, 6) is 0. The molecule has 0 aliphatic heterocycles. The van der Waals surface area contributed by atoms with Crippen molar-refractivity contribution in [1.82, 2.24) is 0 Å². The van der Waals surface area contributed by atoms with Gasteiger partial charge in [-0.05, 0) is 25.0 Å². The molecule has 1 aromatic carbocycles. The lowest BCUT2D eigenvalue weighted by Crippen LogP contribution is -2.18. The Morgan fingerprint density at radius 3 is 2.54 bits per heavy atom. The van der Waals surface area contributed by atoms with Gasteiger partial charge in [-0.3, -0.25) is 0 Å². The summed E-state index contributed by atoms with van der Waals surface area (Å²) in [6, 6.07) is 10.9. The van der Waals surface area contributed by atoms with Crippen LogP contribution in [0.5, 0.6) is 0 Å². The molecule has 0 fully saturated rings. The van der Waals surface area contributed by atoms with Gasteiger partial charge in [-0.15, -0.1) is 0 Å². The van der Waals surface area contributed by atoms with E-state index in [1.165, 1.54) is 18.5 Å². The van der Waals surface area contributed by atoms with E-state index in [1.807, 2.05) is 6.07 Å². The van der Waals surface area contributed by atoms with Gasteiger partial charge in [0.1, 0.15) is 0 Å². The molecule has 1 nitrogen and oxygen atoms in total. The smallest absolute Gasteiger partial charge is 0.0342 e. The Morgan fingerprint density at radius 1 is 1.31 bits per heavy atom. The highest BCUT2D eigenvalue weighted by Gasteiger charge is 2.03. The third-order valence-corrected chi connectivity index (χ3v) is 2.13. The second-order valence-corrected chi connectivity index (χ2v) is 3.24. The van der Waals surface area contributed by atoms with Crippen molar-refractivity contribution in [3.8, 4) is 0 Å². The fourth-order valence-electron chi connectivity index (χ4n) is 1.38. The van der Waals surface area contributed by atoms with E-state index in [-0.39, 0.29) is 0 Å². The zero-order valence-electron chi connectivity index (χ0n) is 8.46. The second-order valence-electron chi connectivity index (χ2n) is 3.24. The SMILES string of the molecule is C[CH]C(CCC)Nc1ccccc1. The lowest BCUT2D eigenvalue weighted by Gasteiger charge is -2.16. The summed E-state index contributed by atoms with van der Waals surface area (Å²) in [5, 5.41) is 3.47. The average molecular weight is 176 g/mol. The maximum atomic E-state index is 3.47. The minimum atomic E-state index is 0.507. The van der Waals surface area contributed by atoms with Crippen LogP contribution in [0.4, 0.5) is 5.69 Å². The second kappa shape index (κ2) is 5.63. The molecule has 1 N–H and O–H groups in total. The van der Waals surface area contributed by atoms with Crippen LogP contribution in [0.1, 0.15) is 26.7 Å². The Bertz CT molecular complexity index is 218. The number of benzene rings is 1. The number of nitrogens with one attached hydrogen (secondary N) is 1. The summed E-state index contributed by atoms with van der Waals surface area (Å²) >= 11 is 0. The maximum Gasteiger partial charge on any atom is 0.0342 e. The summed E-state index contributed by atoms with van der Waals surface area (Å²) in [6.07, 6.45) is 4.64. The van der Waals surface area contributed by atoms with E-state index in [0.717, 1.165) is 0 Å². The van der Waals surface area contributed by atoms with E-state index in [9.17, 15) is 0 Å². The molecule has 0 saturated heterocycles. The van der Waals surface area contributed by atoms with Gasteiger partial charge in [-0.2, -0.15) is 0 Å². The standard InChI is InChI=1S/C12H18N/c1-3-8-11(4-2)13-12-9-6-5-7-10-12/h4-7,9-11,13H,3,8H2,1-2H3.